The van der Waals surface area contributed by atoms with Crippen molar-refractivity contribution >= 4 is 18.0 Å². The zero-order chi connectivity index (χ0) is 8.97. The van der Waals surface area contributed by atoms with E-state index in [4.69, 9.17) is 5.73 Å². The van der Waals surface area contributed by atoms with Crippen LogP contribution < -0.4 is 10.5 Å². The lowest BCUT2D eigenvalue weighted by atomic mass is 10.4. The number of pyridine rings is 1. The minimum absolute atomic E-state index is 0.555. The Bertz CT molecular complexity index is 272. The van der Waals surface area contributed by atoms with Gasteiger partial charge in [0.2, 0.25) is 0 Å². The molecule has 0 bridgehead atoms. The first-order valence-corrected chi connectivity index (χ1v) is 4.15. The van der Waals surface area contributed by atoms with E-state index in [-0.39, 0.29) is 0 Å². The van der Waals surface area contributed by atoms with E-state index in [1.165, 1.54) is 0 Å². The van der Waals surface area contributed by atoms with Gasteiger partial charge in [-0.3, -0.25) is 9.71 Å². The number of hydrogen-bond acceptors (Lipinski definition) is 3. The third-order valence-corrected chi connectivity index (χ3v) is 1.93. The molecule has 0 atom stereocenters. The molecule has 12 heavy (non-hydrogen) atoms. The molecular formula is C7H9N3OS. The zero-order valence-electron chi connectivity index (χ0n) is 6.57. The summed E-state index contributed by atoms with van der Waals surface area (Å²) in [4.78, 5) is 15.2. The molecule has 0 aliphatic rings. The van der Waals surface area contributed by atoms with Gasteiger partial charge >= 0.3 is 6.03 Å². The number of aromatic nitrogens is 1. The maximum Gasteiger partial charge on any atom is 0.322 e. The first kappa shape index (κ1) is 8.86. The van der Waals surface area contributed by atoms with Crippen LogP contribution in [-0.2, 0) is 0 Å². The van der Waals surface area contributed by atoms with E-state index in [9.17, 15) is 4.79 Å². The van der Waals surface area contributed by atoms with Crippen molar-refractivity contribution in [2.45, 2.75) is 11.8 Å². The molecule has 4 nitrogen and oxygen atoms in total. The summed E-state index contributed by atoms with van der Waals surface area (Å²) >= 11 is 1.15. The van der Waals surface area contributed by atoms with Crippen LogP contribution in [0.2, 0.25) is 0 Å². The number of primary amides is 1. The molecule has 0 spiro atoms. The van der Waals surface area contributed by atoms with Crippen LogP contribution in [-0.4, -0.2) is 11.0 Å². The fourth-order valence-corrected chi connectivity index (χ4v) is 1.08. The Balaban J connectivity index is 2.53. The van der Waals surface area contributed by atoms with Crippen LogP contribution in [0.1, 0.15) is 5.69 Å². The van der Waals surface area contributed by atoms with Gasteiger partial charge in [-0.15, -0.1) is 0 Å². The Hall–Kier alpha value is -1.23. The average molecular weight is 183 g/mol. The lowest BCUT2D eigenvalue weighted by molar-refractivity contribution is 0.254. The highest BCUT2D eigenvalue weighted by Crippen LogP contribution is 2.12. The number of hydrogen-bond donors (Lipinski definition) is 2. The minimum atomic E-state index is -0.555. The van der Waals surface area contributed by atoms with Crippen molar-refractivity contribution in [2.75, 3.05) is 0 Å². The monoisotopic (exact) mass is 183 g/mol. The summed E-state index contributed by atoms with van der Waals surface area (Å²) in [6, 6.07) is 3.18. The molecule has 0 fully saturated rings. The lowest BCUT2D eigenvalue weighted by Crippen LogP contribution is -2.22. The molecule has 3 N–H and O–H groups in total. The van der Waals surface area contributed by atoms with Crippen molar-refractivity contribution < 1.29 is 4.79 Å². The van der Waals surface area contributed by atoms with Crippen LogP contribution in [0.4, 0.5) is 4.79 Å². The van der Waals surface area contributed by atoms with Crippen LogP contribution in [0.25, 0.3) is 0 Å². The van der Waals surface area contributed by atoms with Crippen molar-refractivity contribution in [1.29, 1.82) is 0 Å². The highest BCUT2D eigenvalue weighted by molar-refractivity contribution is 7.98. The van der Waals surface area contributed by atoms with Gasteiger partial charge in [-0.25, -0.2) is 4.79 Å². The molecule has 1 aromatic heterocycles. The van der Waals surface area contributed by atoms with E-state index in [2.05, 4.69) is 9.71 Å². The Kier molecular flexibility index (Phi) is 2.93. The minimum Gasteiger partial charge on any atom is -0.351 e. The average Bonchev–Trinajstić information content (AvgIpc) is 2.03. The first-order chi connectivity index (χ1) is 5.68. The molecule has 2 amide bonds. The van der Waals surface area contributed by atoms with Gasteiger partial charge in [0.15, 0.2) is 0 Å². The molecule has 0 aliphatic carbocycles. The fraction of sp³-hybridized carbons (Fsp3) is 0.143. The van der Waals surface area contributed by atoms with Crippen LogP contribution in [0.5, 0.6) is 0 Å². The van der Waals surface area contributed by atoms with Crippen molar-refractivity contribution in [2.24, 2.45) is 5.73 Å². The van der Waals surface area contributed by atoms with E-state index in [0.717, 1.165) is 22.5 Å². The maximum atomic E-state index is 10.3. The van der Waals surface area contributed by atoms with Gasteiger partial charge in [0.05, 0.1) is 0 Å². The SMILES string of the molecule is Cc1ccc(SNC(N)=O)cn1. The number of aryl methyl sites for hydroxylation is 1. The Morgan fingerprint density at radius 2 is 2.42 bits per heavy atom. The second-order valence-electron chi connectivity index (χ2n) is 2.20. The van der Waals surface area contributed by atoms with E-state index in [1.54, 1.807) is 6.20 Å². The zero-order valence-corrected chi connectivity index (χ0v) is 7.39. The standard InChI is InChI=1S/C7H9N3OS/c1-5-2-3-6(4-9-5)12-10-7(8)11/h2-4H,1H3,(H3,8,10,11). The summed E-state index contributed by atoms with van der Waals surface area (Å²) in [5.74, 6) is 0. The third kappa shape index (κ3) is 2.79. The number of carbonyl (C=O) groups is 1. The summed E-state index contributed by atoms with van der Waals surface area (Å²) in [7, 11) is 0. The van der Waals surface area contributed by atoms with Gasteiger partial charge < -0.3 is 5.73 Å². The van der Waals surface area contributed by atoms with Gasteiger partial charge in [0, 0.05) is 16.8 Å². The fourth-order valence-electron chi connectivity index (χ4n) is 0.624. The molecule has 0 aromatic carbocycles. The number of nitrogens with one attached hydrogen (secondary N) is 1. The third-order valence-electron chi connectivity index (χ3n) is 1.15. The first-order valence-electron chi connectivity index (χ1n) is 3.33. The number of urea groups is 1. The summed E-state index contributed by atoms with van der Waals surface area (Å²) in [6.07, 6.45) is 1.68. The molecule has 1 rings (SSSR count). The summed E-state index contributed by atoms with van der Waals surface area (Å²) in [6.45, 7) is 1.90. The Morgan fingerprint density at radius 1 is 1.67 bits per heavy atom. The maximum absolute atomic E-state index is 10.3. The number of carbonyl (C=O) groups excluding carboxylic acids is 1. The number of nitrogens with two attached hydrogens (primary N) is 1. The molecule has 1 aromatic rings. The molecule has 64 valence electrons. The van der Waals surface area contributed by atoms with Gasteiger partial charge in [-0.05, 0) is 31.0 Å². The number of amides is 2. The quantitative estimate of drug-likeness (QED) is 0.674. The molecule has 0 saturated carbocycles. The molecule has 0 radical (unpaired) electrons. The van der Waals surface area contributed by atoms with E-state index in [1.807, 2.05) is 19.1 Å². The van der Waals surface area contributed by atoms with Gasteiger partial charge in [-0.2, -0.15) is 0 Å². The topological polar surface area (TPSA) is 68.0 Å². The van der Waals surface area contributed by atoms with E-state index in [0.29, 0.717) is 0 Å². The number of nitrogens with zero attached hydrogens (tertiary/aromatic N) is 1. The molecule has 1 heterocycles. The summed E-state index contributed by atoms with van der Waals surface area (Å²) in [5, 5.41) is 0. The smallest absolute Gasteiger partial charge is 0.322 e. The second kappa shape index (κ2) is 3.96. The summed E-state index contributed by atoms with van der Waals surface area (Å²) < 4.78 is 2.40. The van der Waals surface area contributed by atoms with E-state index < -0.39 is 6.03 Å². The Morgan fingerprint density at radius 3 is 2.92 bits per heavy atom. The number of rotatable bonds is 2. The van der Waals surface area contributed by atoms with Crippen LogP contribution in [0.3, 0.4) is 0 Å². The molecule has 0 saturated heterocycles. The van der Waals surface area contributed by atoms with Crippen LogP contribution in [0, 0.1) is 6.92 Å². The van der Waals surface area contributed by atoms with Crippen LogP contribution in [0.15, 0.2) is 23.2 Å². The van der Waals surface area contributed by atoms with Gasteiger partial charge in [0.25, 0.3) is 0 Å². The van der Waals surface area contributed by atoms with Crippen molar-refractivity contribution in [1.82, 2.24) is 9.71 Å². The second-order valence-corrected chi connectivity index (χ2v) is 3.08. The Labute approximate surface area is 74.7 Å². The predicted molar refractivity (Wildman–Crippen MR) is 47.6 cm³/mol. The van der Waals surface area contributed by atoms with Gasteiger partial charge in [0.1, 0.15) is 0 Å². The molecular weight excluding hydrogens is 174 g/mol. The molecule has 5 heteroatoms. The van der Waals surface area contributed by atoms with Crippen molar-refractivity contribution in [3.8, 4) is 0 Å². The van der Waals surface area contributed by atoms with Crippen molar-refractivity contribution in [3.05, 3.63) is 24.0 Å². The molecule has 0 unspecified atom stereocenters. The van der Waals surface area contributed by atoms with E-state index >= 15 is 0 Å². The van der Waals surface area contributed by atoms with Crippen LogP contribution >= 0.6 is 11.9 Å². The predicted octanol–water partition coefficient (Wildman–Crippen LogP) is 1.07. The van der Waals surface area contributed by atoms with Gasteiger partial charge in [-0.1, -0.05) is 0 Å². The summed E-state index contributed by atoms with van der Waals surface area (Å²) in [5.41, 5.74) is 5.82. The largest absolute Gasteiger partial charge is 0.351 e. The lowest BCUT2D eigenvalue weighted by Gasteiger charge is -1.99. The highest BCUT2D eigenvalue weighted by atomic mass is 32.2. The van der Waals surface area contributed by atoms with Crippen molar-refractivity contribution in [3.63, 3.8) is 0 Å². The normalized spacial score (nSPS) is 9.42. The molecule has 0 aliphatic heterocycles. The highest BCUT2D eigenvalue weighted by Gasteiger charge is 1.95.